The largest absolute Gasteiger partial charge is 0.495 e. The van der Waals surface area contributed by atoms with Gasteiger partial charge in [0.1, 0.15) is 5.75 Å². The van der Waals surface area contributed by atoms with Crippen molar-refractivity contribution in [3.05, 3.63) is 24.3 Å². The van der Waals surface area contributed by atoms with Crippen molar-refractivity contribution in [1.82, 2.24) is 0 Å². The van der Waals surface area contributed by atoms with E-state index in [-0.39, 0.29) is 0 Å². The van der Waals surface area contributed by atoms with Crippen molar-refractivity contribution in [2.24, 2.45) is 0 Å². The van der Waals surface area contributed by atoms with E-state index in [4.69, 9.17) is 14.6 Å². The van der Waals surface area contributed by atoms with E-state index in [1.807, 2.05) is 36.2 Å². The van der Waals surface area contributed by atoms with Crippen LogP contribution in [-0.4, -0.2) is 44.5 Å². The van der Waals surface area contributed by atoms with E-state index in [1.165, 1.54) is 0 Å². The molecule has 0 fully saturated rings. The second-order valence-corrected chi connectivity index (χ2v) is 4.16. The third kappa shape index (κ3) is 4.44. The lowest BCUT2D eigenvalue weighted by molar-refractivity contribution is -0.150. The number of ether oxygens (including phenoxy) is 2. The topological polar surface area (TPSA) is 59.0 Å². The van der Waals surface area contributed by atoms with Gasteiger partial charge < -0.3 is 19.5 Å². The van der Waals surface area contributed by atoms with Crippen LogP contribution in [0.15, 0.2) is 24.3 Å². The van der Waals surface area contributed by atoms with Crippen LogP contribution in [0.3, 0.4) is 0 Å². The van der Waals surface area contributed by atoms with Crippen molar-refractivity contribution in [3.8, 4) is 5.75 Å². The first-order valence-corrected chi connectivity index (χ1v) is 6.28. The lowest BCUT2D eigenvalue weighted by Gasteiger charge is -2.23. The normalized spacial score (nSPS) is 11.9. The van der Waals surface area contributed by atoms with Gasteiger partial charge in [0, 0.05) is 26.6 Å². The fraction of sp³-hybridized carbons (Fsp3) is 0.500. The first-order chi connectivity index (χ1) is 9.10. The lowest BCUT2D eigenvalue weighted by Crippen LogP contribution is -2.30. The number of nitrogens with zero attached hydrogens (tertiary/aromatic N) is 1. The van der Waals surface area contributed by atoms with Crippen LogP contribution in [0.1, 0.15) is 13.3 Å². The van der Waals surface area contributed by atoms with Crippen LogP contribution in [0.5, 0.6) is 5.75 Å². The maximum atomic E-state index is 11.0. The van der Waals surface area contributed by atoms with Crippen molar-refractivity contribution in [2.75, 3.05) is 32.2 Å². The summed E-state index contributed by atoms with van der Waals surface area (Å²) < 4.78 is 10.5. The molecular formula is C14H21NO4. The molecule has 0 radical (unpaired) electrons. The number of para-hydroxylation sites is 2. The minimum Gasteiger partial charge on any atom is -0.495 e. The Morgan fingerprint density at radius 3 is 2.68 bits per heavy atom. The summed E-state index contributed by atoms with van der Waals surface area (Å²) in [6.07, 6.45) is -0.334. The Hall–Kier alpha value is -1.75. The zero-order valence-electron chi connectivity index (χ0n) is 11.6. The van der Waals surface area contributed by atoms with Crippen LogP contribution >= 0.6 is 0 Å². The second-order valence-electron chi connectivity index (χ2n) is 4.16. The Labute approximate surface area is 113 Å². The monoisotopic (exact) mass is 267 g/mol. The van der Waals surface area contributed by atoms with Gasteiger partial charge in [0.25, 0.3) is 0 Å². The quantitative estimate of drug-likeness (QED) is 0.780. The van der Waals surface area contributed by atoms with Crippen LogP contribution in [0, 0.1) is 0 Å². The van der Waals surface area contributed by atoms with Gasteiger partial charge in [-0.1, -0.05) is 12.1 Å². The van der Waals surface area contributed by atoms with E-state index in [0.29, 0.717) is 19.6 Å². The fourth-order valence-electron chi connectivity index (χ4n) is 1.86. The predicted octanol–water partition coefficient (Wildman–Crippen LogP) is 2.01. The lowest BCUT2D eigenvalue weighted by atomic mass is 10.2. The predicted molar refractivity (Wildman–Crippen MR) is 73.9 cm³/mol. The van der Waals surface area contributed by atoms with Gasteiger partial charge in [-0.25, -0.2) is 4.79 Å². The van der Waals surface area contributed by atoms with Crippen molar-refractivity contribution < 1.29 is 19.4 Å². The molecule has 1 atom stereocenters. The summed E-state index contributed by atoms with van der Waals surface area (Å²) in [5.41, 5.74) is 0.936. The number of aliphatic carboxylic acids is 1. The molecule has 0 aromatic heterocycles. The molecule has 0 bridgehead atoms. The van der Waals surface area contributed by atoms with E-state index in [2.05, 4.69) is 0 Å². The van der Waals surface area contributed by atoms with E-state index >= 15 is 0 Å². The maximum Gasteiger partial charge on any atom is 0.332 e. The van der Waals surface area contributed by atoms with Crippen molar-refractivity contribution in [3.63, 3.8) is 0 Å². The highest BCUT2D eigenvalue weighted by Gasteiger charge is 2.18. The molecule has 0 aliphatic heterocycles. The number of rotatable bonds is 8. The third-order valence-electron chi connectivity index (χ3n) is 2.87. The molecule has 19 heavy (non-hydrogen) atoms. The van der Waals surface area contributed by atoms with E-state index in [1.54, 1.807) is 14.0 Å². The molecule has 0 heterocycles. The first kappa shape index (κ1) is 15.3. The summed E-state index contributed by atoms with van der Waals surface area (Å²) in [6.45, 7) is 2.77. The molecule has 1 aromatic rings. The highest BCUT2D eigenvalue weighted by atomic mass is 16.5. The smallest absolute Gasteiger partial charge is 0.332 e. The van der Waals surface area contributed by atoms with Gasteiger partial charge in [0.15, 0.2) is 6.10 Å². The molecule has 0 saturated heterocycles. The van der Waals surface area contributed by atoms with Crippen LogP contribution < -0.4 is 9.64 Å². The summed E-state index contributed by atoms with van der Waals surface area (Å²) in [4.78, 5) is 13.0. The third-order valence-corrected chi connectivity index (χ3v) is 2.87. The maximum absolute atomic E-state index is 11.0. The van der Waals surface area contributed by atoms with Gasteiger partial charge in [-0.15, -0.1) is 0 Å². The van der Waals surface area contributed by atoms with Crippen molar-refractivity contribution in [2.45, 2.75) is 19.4 Å². The number of benzene rings is 1. The first-order valence-electron chi connectivity index (χ1n) is 6.28. The molecule has 0 aliphatic carbocycles. The Morgan fingerprint density at radius 1 is 1.42 bits per heavy atom. The molecule has 1 rings (SSSR count). The molecule has 0 amide bonds. The Bertz CT molecular complexity index is 408. The molecule has 5 nitrogen and oxygen atoms in total. The summed E-state index contributed by atoms with van der Waals surface area (Å²) in [5.74, 6) is -0.149. The SMILES string of the molecule is CCOC(CCN(C)c1ccccc1OC)C(=O)O. The highest BCUT2D eigenvalue weighted by Crippen LogP contribution is 2.26. The Morgan fingerprint density at radius 2 is 2.11 bits per heavy atom. The number of hydrogen-bond acceptors (Lipinski definition) is 4. The standard InChI is InChI=1S/C14H21NO4/c1-4-19-13(14(16)17)9-10-15(2)11-7-5-6-8-12(11)18-3/h5-8,13H,4,9-10H2,1-3H3,(H,16,17). The molecule has 0 saturated carbocycles. The molecule has 1 unspecified atom stereocenters. The number of anilines is 1. The summed E-state index contributed by atoms with van der Waals surface area (Å²) in [7, 11) is 3.52. The number of carboxylic acid groups (broad SMARTS) is 1. The molecule has 1 N–H and O–H groups in total. The van der Waals surface area contributed by atoms with Gasteiger partial charge >= 0.3 is 5.97 Å². The average molecular weight is 267 g/mol. The van der Waals surface area contributed by atoms with Gasteiger partial charge in [0.2, 0.25) is 0 Å². The zero-order valence-corrected chi connectivity index (χ0v) is 11.6. The molecule has 106 valence electrons. The number of carbonyl (C=O) groups is 1. The van der Waals surface area contributed by atoms with Crippen molar-refractivity contribution >= 4 is 11.7 Å². The zero-order chi connectivity index (χ0) is 14.3. The number of carboxylic acids is 1. The number of methoxy groups -OCH3 is 1. The fourth-order valence-corrected chi connectivity index (χ4v) is 1.86. The molecule has 0 spiro atoms. The summed E-state index contributed by atoms with van der Waals surface area (Å²) >= 11 is 0. The van der Waals surface area contributed by atoms with E-state index in [9.17, 15) is 4.79 Å². The van der Waals surface area contributed by atoms with Gasteiger partial charge in [0.05, 0.1) is 12.8 Å². The van der Waals surface area contributed by atoms with Gasteiger partial charge in [-0.3, -0.25) is 0 Å². The number of hydrogen-bond donors (Lipinski definition) is 1. The molecule has 0 aliphatic rings. The van der Waals surface area contributed by atoms with E-state index < -0.39 is 12.1 Å². The minimum atomic E-state index is -0.921. The molecule has 1 aromatic carbocycles. The summed E-state index contributed by atoms with van der Waals surface area (Å²) in [6, 6.07) is 7.64. The highest BCUT2D eigenvalue weighted by molar-refractivity contribution is 5.72. The average Bonchev–Trinajstić information content (AvgIpc) is 2.42. The summed E-state index contributed by atoms with van der Waals surface area (Å²) in [5, 5.41) is 9.02. The Balaban J connectivity index is 2.63. The minimum absolute atomic E-state index is 0.398. The molecular weight excluding hydrogens is 246 g/mol. The van der Waals surface area contributed by atoms with Crippen LogP contribution in [0.2, 0.25) is 0 Å². The van der Waals surface area contributed by atoms with E-state index in [0.717, 1.165) is 11.4 Å². The van der Waals surface area contributed by atoms with Crippen LogP contribution in [0.25, 0.3) is 0 Å². The van der Waals surface area contributed by atoms with Gasteiger partial charge in [-0.2, -0.15) is 0 Å². The van der Waals surface area contributed by atoms with Crippen LogP contribution in [-0.2, 0) is 9.53 Å². The second kappa shape index (κ2) is 7.63. The Kier molecular flexibility index (Phi) is 6.15. The van der Waals surface area contributed by atoms with Gasteiger partial charge in [-0.05, 0) is 19.1 Å². The molecule has 5 heteroatoms. The van der Waals surface area contributed by atoms with Crippen LogP contribution in [0.4, 0.5) is 5.69 Å². The van der Waals surface area contributed by atoms with Crippen molar-refractivity contribution in [1.29, 1.82) is 0 Å².